The number of hydrogen-bond donors (Lipinski definition) is 1. The molecule has 0 radical (unpaired) electrons. The molecule has 3 aromatic heterocycles. The third kappa shape index (κ3) is 5.96. The van der Waals surface area contributed by atoms with Gasteiger partial charge in [-0.2, -0.15) is 0 Å². The highest BCUT2D eigenvalue weighted by Crippen LogP contribution is 2.30. The van der Waals surface area contributed by atoms with E-state index >= 15 is 0 Å². The van der Waals surface area contributed by atoms with E-state index in [1.807, 2.05) is 30.3 Å². The van der Waals surface area contributed by atoms with Crippen LogP contribution in [0.25, 0.3) is 10.2 Å². The summed E-state index contributed by atoms with van der Waals surface area (Å²) in [7, 11) is 3.20. The smallest absolute Gasteiger partial charge is 0.271 e. The van der Waals surface area contributed by atoms with E-state index in [2.05, 4.69) is 20.9 Å². The van der Waals surface area contributed by atoms with E-state index in [4.69, 9.17) is 22.3 Å². The monoisotopic (exact) mass is 616 g/mol. The van der Waals surface area contributed by atoms with Gasteiger partial charge in [0.2, 0.25) is 0 Å². The van der Waals surface area contributed by atoms with Crippen LogP contribution in [0, 0.1) is 0 Å². The lowest BCUT2D eigenvalue weighted by Gasteiger charge is -2.33. The van der Waals surface area contributed by atoms with Crippen LogP contribution in [0.4, 0.5) is 0 Å². The summed E-state index contributed by atoms with van der Waals surface area (Å²) in [4.78, 5) is 53.1. The summed E-state index contributed by atoms with van der Waals surface area (Å²) in [6, 6.07) is 13.0. The highest BCUT2D eigenvalue weighted by Gasteiger charge is 2.37. The Labute approximate surface area is 237 Å². The van der Waals surface area contributed by atoms with Crippen molar-refractivity contribution in [3.63, 3.8) is 0 Å². The van der Waals surface area contributed by atoms with Crippen molar-refractivity contribution < 1.29 is 9.59 Å². The molecule has 9 nitrogen and oxygen atoms in total. The van der Waals surface area contributed by atoms with Crippen molar-refractivity contribution in [1.82, 2.24) is 24.3 Å². The van der Waals surface area contributed by atoms with E-state index in [9.17, 15) is 14.4 Å². The van der Waals surface area contributed by atoms with Gasteiger partial charge in [0, 0.05) is 26.8 Å². The van der Waals surface area contributed by atoms with Crippen LogP contribution in [0.3, 0.4) is 0 Å². The van der Waals surface area contributed by atoms with Gasteiger partial charge < -0.3 is 15.5 Å². The van der Waals surface area contributed by atoms with Crippen LogP contribution in [0.5, 0.6) is 0 Å². The fourth-order valence-corrected chi connectivity index (χ4v) is 5.62. The molecule has 2 amide bonds. The Balaban J connectivity index is 1.96. The molecular weight excluding hydrogens is 592 g/mol. The lowest BCUT2D eigenvalue weighted by molar-refractivity contribution is -0.134. The van der Waals surface area contributed by atoms with Crippen molar-refractivity contribution in [3.8, 4) is 0 Å². The number of nitrogens with zero attached hydrogens (tertiary/aromatic N) is 5. The minimum atomic E-state index is -1.20. The molecule has 0 spiro atoms. The van der Waals surface area contributed by atoms with Gasteiger partial charge in [-0.25, -0.2) is 9.97 Å². The van der Waals surface area contributed by atoms with Crippen molar-refractivity contribution in [1.29, 1.82) is 0 Å². The Morgan fingerprint density at radius 3 is 2.55 bits per heavy atom. The minimum Gasteiger partial charge on any atom is -0.347 e. The van der Waals surface area contributed by atoms with Crippen LogP contribution < -0.4 is 11.3 Å². The highest BCUT2D eigenvalue weighted by atomic mass is 79.9. The van der Waals surface area contributed by atoms with Crippen LogP contribution >= 0.6 is 38.9 Å². The maximum atomic E-state index is 13.8. The van der Waals surface area contributed by atoms with Crippen molar-refractivity contribution in [2.75, 3.05) is 27.2 Å². The van der Waals surface area contributed by atoms with Crippen molar-refractivity contribution in [2.24, 2.45) is 5.73 Å². The lowest BCUT2D eigenvalue weighted by atomic mass is 10.1. The fraction of sp³-hybridized carbons (Fsp3) is 0.269. The summed E-state index contributed by atoms with van der Waals surface area (Å²) < 4.78 is 2.67. The Morgan fingerprint density at radius 2 is 1.92 bits per heavy atom. The van der Waals surface area contributed by atoms with E-state index in [1.165, 1.54) is 38.0 Å². The second-order valence-corrected chi connectivity index (χ2v) is 11.6. The summed E-state index contributed by atoms with van der Waals surface area (Å²) >= 11 is 10.7. The molecular formula is C26H26BrClN6O3S. The summed E-state index contributed by atoms with van der Waals surface area (Å²) in [5, 5.41) is 0.239. The Hall–Kier alpha value is -3.12. The fourth-order valence-electron chi connectivity index (χ4n) is 4.03. The van der Waals surface area contributed by atoms with Crippen molar-refractivity contribution in [3.05, 3.63) is 91.0 Å². The molecule has 0 aliphatic carbocycles. The molecule has 0 saturated heterocycles. The molecule has 12 heteroatoms. The van der Waals surface area contributed by atoms with Gasteiger partial charge in [0.15, 0.2) is 6.04 Å². The average Bonchev–Trinajstić information content (AvgIpc) is 3.29. The summed E-state index contributed by atoms with van der Waals surface area (Å²) in [6.07, 6.45) is 1.79. The summed E-state index contributed by atoms with van der Waals surface area (Å²) in [6.45, 7) is 0.632. The van der Waals surface area contributed by atoms with E-state index < -0.39 is 17.9 Å². The average molecular weight is 618 g/mol. The van der Waals surface area contributed by atoms with Crippen LogP contribution in [-0.2, 0) is 11.3 Å². The number of rotatable bonds is 9. The first-order valence-electron chi connectivity index (χ1n) is 11.8. The van der Waals surface area contributed by atoms with Gasteiger partial charge in [0.1, 0.15) is 15.7 Å². The van der Waals surface area contributed by atoms with Gasteiger partial charge in [-0.15, -0.1) is 11.3 Å². The van der Waals surface area contributed by atoms with Crippen LogP contribution in [0.2, 0.25) is 5.15 Å². The van der Waals surface area contributed by atoms with Gasteiger partial charge in [-0.3, -0.25) is 19.0 Å². The number of fused-ring (bicyclic) bond motifs is 1. The number of halogens is 2. The molecule has 0 aliphatic rings. The quantitative estimate of drug-likeness (QED) is 0.285. The van der Waals surface area contributed by atoms with E-state index in [1.54, 1.807) is 26.2 Å². The van der Waals surface area contributed by atoms with E-state index in [-0.39, 0.29) is 35.2 Å². The minimum absolute atomic E-state index is 0.161. The molecule has 4 aromatic rings. The van der Waals surface area contributed by atoms with Crippen LogP contribution in [0.15, 0.2) is 63.3 Å². The molecule has 1 aromatic carbocycles. The predicted octanol–water partition coefficient (Wildman–Crippen LogP) is 3.94. The molecule has 1 unspecified atom stereocenters. The van der Waals surface area contributed by atoms with E-state index in [0.29, 0.717) is 23.2 Å². The normalized spacial score (nSPS) is 11.9. The maximum absolute atomic E-state index is 13.8. The number of thiophene rings is 1. The Bertz CT molecular complexity index is 1510. The lowest BCUT2D eigenvalue weighted by Crippen LogP contribution is -2.47. The molecule has 1 atom stereocenters. The largest absolute Gasteiger partial charge is 0.347 e. The number of carbonyl (C=O) groups is 2. The topological polar surface area (TPSA) is 114 Å². The third-order valence-corrected chi connectivity index (χ3v) is 7.72. The first-order valence-corrected chi connectivity index (χ1v) is 13.8. The van der Waals surface area contributed by atoms with Crippen LogP contribution in [-0.4, -0.2) is 63.3 Å². The maximum Gasteiger partial charge on any atom is 0.271 e. The zero-order valence-corrected chi connectivity index (χ0v) is 24.0. The SMILES string of the molecule is CN(C)C(=O)C(c1nc2cc(Br)sc2c(=O)n1Cc1ccccc1)N(CCCN)C(=O)c1ccc(Cl)nc1. The van der Waals surface area contributed by atoms with Gasteiger partial charge in [-0.1, -0.05) is 41.9 Å². The molecule has 0 aliphatic heterocycles. The molecule has 4 rings (SSSR count). The second-order valence-electron chi connectivity index (χ2n) is 8.76. The number of aromatic nitrogens is 3. The molecule has 3 heterocycles. The molecule has 0 fully saturated rings. The number of pyridine rings is 1. The second kappa shape index (κ2) is 12.2. The number of likely N-dealkylation sites (N-methyl/N-ethyl adjacent to an activating group) is 1. The number of benzene rings is 1. The predicted molar refractivity (Wildman–Crippen MR) is 153 cm³/mol. The zero-order chi connectivity index (χ0) is 27.4. The van der Waals surface area contributed by atoms with Gasteiger partial charge >= 0.3 is 0 Å². The number of nitrogens with two attached hydrogens (primary N) is 1. The molecule has 0 saturated carbocycles. The molecule has 0 bridgehead atoms. The van der Waals surface area contributed by atoms with E-state index in [0.717, 1.165) is 9.35 Å². The standard InChI is InChI=1S/C26H26BrClN6O3S/c1-32(2)25(36)21(33(12-6-11-29)24(35)17-9-10-20(28)30-14-17)23-31-18-13-19(27)38-22(18)26(37)34(23)15-16-7-4-3-5-8-16/h3-5,7-10,13-14,21H,6,11-12,15,29H2,1-2H3. The first-order chi connectivity index (χ1) is 18.2. The zero-order valence-electron chi connectivity index (χ0n) is 20.8. The number of amides is 2. The molecule has 38 heavy (non-hydrogen) atoms. The van der Waals surface area contributed by atoms with Crippen molar-refractivity contribution >= 4 is 60.9 Å². The van der Waals surface area contributed by atoms with Crippen molar-refractivity contribution in [2.45, 2.75) is 19.0 Å². The Morgan fingerprint density at radius 1 is 1.18 bits per heavy atom. The number of carbonyl (C=O) groups excluding carboxylic acids is 2. The highest BCUT2D eigenvalue weighted by molar-refractivity contribution is 9.11. The molecule has 2 N–H and O–H groups in total. The van der Waals surface area contributed by atoms with Gasteiger partial charge in [-0.05, 0) is 52.7 Å². The number of hydrogen-bond acceptors (Lipinski definition) is 7. The molecule has 198 valence electrons. The first kappa shape index (κ1) is 27.9. The Kier molecular flexibility index (Phi) is 8.93. The summed E-state index contributed by atoms with van der Waals surface area (Å²) in [5.74, 6) is -0.683. The van der Waals surface area contributed by atoms with Crippen LogP contribution in [0.1, 0.15) is 34.2 Å². The van der Waals surface area contributed by atoms with Gasteiger partial charge in [0.25, 0.3) is 17.4 Å². The third-order valence-electron chi connectivity index (χ3n) is 5.89. The summed E-state index contributed by atoms with van der Waals surface area (Å²) in [5.41, 5.74) is 7.06. The van der Waals surface area contributed by atoms with Gasteiger partial charge in [0.05, 0.1) is 21.4 Å².